The van der Waals surface area contributed by atoms with E-state index in [1.165, 1.54) is 6.08 Å². The van der Waals surface area contributed by atoms with Gasteiger partial charge in [0.05, 0.1) is 0 Å². The number of aliphatic hydroxyl groups excluding tert-OH is 1. The van der Waals surface area contributed by atoms with Crippen molar-refractivity contribution in [3.63, 3.8) is 0 Å². The van der Waals surface area contributed by atoms with Crippen LogP contribution in [0.3, 0.4) is 0 Å². The Kier molecular flexibility index (Phi) is 8.72. The van der Waals surface area contributed by atoms with Crippen LogP contribution in [0, 0.1) is 23.2 Å². The Hall–Kier alpha value is -4.02. The molecule has 0 heterocycles. The van der Waals surface area contributed by atoms with E-state index in [9.17, 15) is 4.79 Å². The molecule has 2 aromatic rings. The molecule has 0 atom stereocenters. The minimum Gasteiger partial charge on any atom is -0.499 e. The molecule has 0 radical (unpaired) electrons. The predicted molar refractivity (Wildman–Crippen MR) is 122 cm³/mol. The van der Waals surface area contributed by atoms with Gasteiger partial charge in [-0.2, -0.15) is 5.26 Å². The van der Waals surface area contributed by atoms with Gasteiger partial charge in [-0.3, -0.25) is 4.79 Å². The number of anilines is 1. The zero-order valence-electron chi connectivity index (χ0n) is 17.2. The molecule has 30 heavy (non-hydrogen) atoms. The standard InChI is InChI=1S/C26H24N2O2/c1-3-23(28(2)24-15-8-6-9-16-24)18-22-14-11-13-21(26(22)20-29)12-7-4-5-10-17-25(30)19-27/h5-6,8-11,13-18,20,30H,3-4H2,1-2H3/b10-5+,23-18-,25-17-. The van der Waals surface area contributed by atoms with Crippen molar-refractivity contribution in [2.45, 2.75) is 19.8 Å². The van der Waals surface area contributed by atoms with Crippen LogP contribution in [0.25, 0.3) is 6.08 Å². The van der Waals surface area contributed by atoms with Crippen molar-refractivity contribution in [1.29, 1.82) is 5.26 Å². The summed E-state index contributed by atoms with van der Waals surface area (Å²) in [6.45, 7) is 2.08. The maximum absolute atomic E-state index is 11.8. The lowest BCUT2D eigenvalue weighted by Gasteiger charge is -2.22. The fourth-order valence-electron chi connectivity index (χ4n) is 2.85. The van der Waals surface area contributed by atoms with Crippen molar-refractivity contribution < 1.29 is 9.90 Å². The highest BCUT2D eigenvalue weighted by atomic mass is 16.3. The van der Waals surface area contributed by atoms with Gasteiger partial charge in [0, 0.05) is 36.0 Å². The highest BCUT2D eigenvalue weighted by Gasteiger charge is 2.09. The van der Waals surface area contributed by atoms with Gasteiger partial charge in [-0.05, 0) is 42.3 Å². The lowest BCUT2D eigenvalue weighted by atomic mass is 10.0. The van der Waals surface area contributed by atoms with Crippen LogP contribution in [0.4, 0.5) is 5.69 Å². The van der Waals surface area contributed by atoms with Gasteiger partial charge < -0.3 is 10.0 Å². The molecular formula is C26H24N2O2. The fraction of sp³-hybridized carbons (Fsp3) is 0.154. The summed E-state index contributed by atoms with van der Waals surface area (Å²) in [6.07, 6.45) is 8.72. The Morgan fingerprint density at radius 1 is 1.17 bits per heavy atom. The smallest absolute Gasteiger partial charge is 0.194 e. The summed E-state index contributed by atoms with van der Waals surface area (Å²) >= 11 is 0. The van der Waals surface area contributed by atoms with Crippen molar-refractivity contribution in [2.75, 3.05) is 11.9 Å². The summed E-state index contributed by atoms with van der Waals surface area (Å²) in [4.78, 5) is 13.9. The van der Waals surface area contributed by atoms with E-state index in [4.69, 9.17) is 10.4 Å². The van der Waals surface area contributed by atoms with Crippen LogP contribution in [0.5, 0.6) is 0 Å². The quantitative estimate of drug-likeness (QED) is 0.164. The minimum atomic E-state index is -0.353. The summed E-state index contributed by atoms with van der Waals surface area (Å²) in [6, 6.07) is 17.3. The molecule has 0 amide bonds. The lowest BCUT2D eigenvalue weighted by molar-refractivity contribution is 0.112. The highest BCUT2D eigenvalue weighted by molar-refractivity contribution is 5.86. The number of carbonyl (C=O) groups is 1. The molecule has 0 fully saturated rings. The Morgan fingerprint density at radius 3 is 2.60 bits per heavy atom. The third-order valence-electron chi connectivity index (χ3n) is 4.46. The van der Waals surface area contributed by atoms with Crippen molar-refractivity contribution in [3.05, 3.63) is 94.9 Å². The minimum absolute atomic E-state index is 0.353. The molecule has 0 aromatic heterocycles. The van der Waals surface area contributed by atoms with Crippen LogP contribution in [0.1, 0.15) is 41.3 Å². The van der Waals surface area contributed by atoms with Crippen molar-refractivity contribution in [3.8, 4) is 17.9 Å². The Morgan fingerprint density at radius 2 is 1.93 bits per heavy atom. The second-order valence-electron chi connectivity index (χ2n) is 6.41. The molecule has 150 valence electrons. The second kappa shape index (κ2) is 11.7. The topological polar surface area (TPSA) is 64.3 Å². The molecule has 2 aromatic carbocycles. The number of benzene rings is 2. The normalized spacial score (nSPS) is 11.5. The first-order valence-electron chi connectivity index (χ1n) is 9.63. The number of allylic oxidation sites excluding steroid dienone is 5. The van der Waals surface area contributed by atoms with Crippen molar-refractivity contribution >= 4 is 18.0 Å². The average molecular weight is 396 g/mol. The molecule has 4 heteroatoms. The Balaban J connectivity index is 2.28. The summed E-state index contributed by atoms with van der Waals surface area (Å²) in [5, 5.41) is 17.5. The maximum Gasteiger partial charge on any atom is 0.194 e. The zero-order chi connectivity index (χ0) is 21.8. The van der Waals surface area contributed by atoms with Crippen LogP contribution >= 0.6 is 0 Å². The van der Waals surface area contributed by atoms with E-state index < -0.39 is 0 Å². The van der Waals surface area contributed by atoms with Crippen LogP contribution < -0.4 is 4.90 Å². The molecule has 0 spiro atoms. The molecule has 0 saturated carbocycles. The van der Waals surface area contributed by atoms with Gasteiger partial charge >= 0.3 is 0 Å². The van der Waals surface area contributed by atoms with Gasteiger partial charge in [0.1, 0.15) is 6.07 Å². The molecule has 0 unspecified atom stereocenters. The van der Waals surface area contributed by atoms with Crippen LogP contribution in [0.2, 0.25) is 0 Å². The van der Waals surface area contributed by atoms with Crippen molar-refractivity contribution in [1.82, 2.24) is 0 Å². The molecule has 0 aliphatic heterocycles. The van der Waals surface area contributed by atoms with Gasteiger partial charge in [0.15, 0.2) is 12.0 Å². The van der Waals surface area contributed by atoms with E-state index >= 15 is 0 Å². The summed E-state index contributed by atoms with van der Waals surface area (Å²) in [5.41, 5.74) is 4.22. The number of rotatable bonds is 7. The summed E-state index contributed by atoms with van der Waals surface area (Å²) in [7, 11) is 2.01. The van der Waals surface area contributed by atoms with Crippen LogP contribution in [-0.4, -0.2) is 18.4 Å². The monoisotopic (exact) mass is 396 g/mol. The Bertz CT molecular complexity index is 1060. The van der Waals surface area contributed by atoms with Gasteiger partial charge in [-0.15, -0.1) is 0 Å². The number of nitriles is 1. The molecule has 0 aliphatic carbocycles. The van der Waals surface area contributed by atoms with Gasteiger partial charge in [-0.25, -0.2) is 0 Å². The lowest BCUT2D eigenvalue weighted by Crippen LogP contribution is -2.15. The van der Waals surface area contributed by atoms with E-state index in [0.29, 0.717) is 17.5 Å². The van der Waals surface area contributed by atoms with E-state index in [-0.39, 0.29) is 5.76 Å². The fourth-order valence-corrected chi connectivity index (χ4v) is 2.85. The number of aldehydes is 1. The van der Waals surface area contributed by atoms with Crippen LogP contribution in [0.15, 0.2) is 78.2 Å². The highest BCUT2D eigenvalue weighted by Crippen LogP contribution is 2.23. The summed E-state index contributed by atoms with van der Waals surface area (Å²) < 4.78 is 0. The summed E-state index contributed by atoms with van der Waals surface area (Å²) in [5.74, 6) is 5.67. The number of nitrogens with zero attached hydrogens (tertiary/aromatic N) is 2. The number of hydrogen-bond acceptors (Lipinski definition) is 4. The van der Waals surface area contributed by atoms with Crippen LogP contribution in [-0.2, 0) is 0 Å². The third-order valence-corrected chi connectivity index (χ3v) is 4.46. The molecule has 0 saturated heterocycles. The first kappa shape index (κ1) is 22.3. The second-order valence-corrected chi connectivity index (χ2v) is 6.41. The van der Waals surface area contributed by atoms with Gasteiger partial charge in [-0.1, -0.05) is 61.2 Å². The first-order valence-corrected chi connectivity index (χ1v) is 9.63. The predicted octanol–water partition coefficient (Wildman–Crippen LogP) is 5.65. The zero-order valence-corrected chi connectivity index (χ0v) is 17.2. The molecular weight excluding hydrogens is 372 g/mol. The number of aliphatic hydroxyl groups is 1. The molecule has 4 nitrogen and oxygen atoms in total. The molecule has 0 aliphatic rings. The molecule has 1 N–H and O–H groups in total. The SMILES string of the molecule is CC/C(=C/c1cccc(C#CC/C=C/C=C(\O)C#N)c1C=O)N(C)c1ccccc1. The third kappa shape index (κ3) is 6.26. The van der Waals surface area contributed by atoms with Crippen molar-refractivity contribution in [2.24, 2.45) is 0 Å². The largest absolute Gasteiger partial charge is 0.499 e. The first-order chi connectivity index (χ1) is 14.6. The maximum atomic E-state index is 11.8. The molecule has 0 bridgehead atoms. The number of para-hydroxylation sites is 1. The van der Waals surface area contributed by atoms with E-state index in [1.807, 2.05) is 61.7 Å². The van der Waals surface area contributed by atoms with E-state index in [1.54, 1.807) is 18.2 Å². The number of carbonyl (C=O) groups excluding carboxylic acids is 1. The van der Waals surface area contributed by atoms with Gasteiger partial charge in [0.2, 0.25) is 0 Å². The average Bonchev–Trinajstić information content (AvgIpc) is 2.79. The van der Waals surface area contributed by atoms with E-state index in [2.05, 4.69) is 23.7 Å². The Labute approximate surface area is 178 Å². The van der Waals surface area contributed by atoms with Gasteiger partial charge in [0.25, 0.3) is 0 Å². The van der Waals surface area contributed by atoms with E-state index in [0.717, 1.165) is 29.7 Å². The molecule has 2 rings (SSSR count). The number of hydrogen-bond donors (Lipinski definition) is 1.